The molecule has 3 rings (SSSR count). The molecule has 1 aliphatic carbocycles. The maximum atomic E-state index is 6.20. The Kier molecular flexibility index (Phi) is 3.32. The average Bonchev–Trinajstić information content (AvgIpc) is 2.77. The van der Waals surface area contributed by atoms with Gasteiger partial charge in [0.15, 0.2) is 0 Å². The molecule has 0 radical (unpaired) electrons. The number of hydrogen-bond donors (Lipinski definition) is 2. The first-order valence-corrected chi connectivity index (χ1v) is 6.77. The summed E-state index contributed by atoms with van der Waals surface area (Å²) >= 11 is 0. The Bertz CT molecular complexity index is 553. The summed E-state index contributed by atoms with van der Waals surface area (Å²) in [6.45, 7) is 2.15. The lowest BCUT2D eigenvalue weighted by molar-refractivity contribution is 0.440. The molecule has 0 spiro atoms. The first kappa shape index (κ1) is 12.3. The molecule has 0 saturated carbocycles. The zero-order valence-electron chi connectivity index (χ0n) is 11.1. The van der Waals surface area contributed by atoms with Gasteiger partial charge in [-0.25, -0.2) is 0 Å². The van der Waals surface area contributed by atoms with E-state index in [2.05, 4.69) is 47.6 Å². The largest absolute Gasteiger partial charge is 0.324 e. The van der Waals surface area contributed by atoms with Crippen molar-refractivity contribution >= 4 is 0 Å². The SMILES string of the molecule is C[C@H](NC1CC(N)c2ccccc21)c1ccccn1. The van der Waals surface area contributed by atoms with E-state index in [1.54, 1.807) is 0 Å². The van der Waals surface area contributed by atoms with Gasteiger partial charge in [-0.2, -0.15) is 0 Å². The summed E-state index contributed by atoms with van der Waals surface area (Å²) in [5.74, 6) is 0. The molecule has 0 fully saturated rings. The van der Waals surface area contributed by atoms with Crippen molar-refractivity contribution in [3.05, 3.63) is 65.5 Å². The fourth-order valence-electron chi connectivity index (χ4n) is 2.85. The lowest BCUT2D eigenvalue weighted by Gasteiger charge is -2.20. The van der Waals surface area contributed by atoms with Crippen LogP contribution < -0.4 is 11.1 Å². The number of hydrogen-bond acceptors (Lipinski definition) is 3. The highest BCUT2D eigenvalue weighted by Crippen LogP contribution is 2.38. The Morgan fingerprint density at radius 1 is 1.16 bits per heavy atom. The van der Waals surface area contributed by atoms with E-state index in [1.807, 2.05) is 18.3 Å². The van der Waals surface area contributed by atoms with Gasteiger partial charge in [-0.05, 0) is 36.6 Å². The molecule has 2 unspecified atom stereocenters. The molecule has 1 aliphatic rings. The quantitative estimate of drug-likeness (QED) is 0.884. The van der Waals surface area contributed by atoms with Crippen molar-refractivity contribution in [3.63, 3.8) is 0 Å². The Morgan fingerprint density at radius 2 is 1.89 bits per heavy atom. The number of fused-ring (bicyclic) bond motifs is 1. The van der Waals surface area contributed by atoms with Crippen molar-refractivity contribution in [2.45, 2.75) is 31.5 Å². The highest BCUT2D eigenvalue weighted by molar-refractivity contribution is 5.37. The maximum Gasteiger partial charge on any atom is 0.0570 e. The van der Waals surface area contributed by atoms with Gasteiger partial charge in [0.25, 0.3) is 0 Å². The van der Waals surface area contributed by atoms with Crippen molar-refractivity contribution < 1.29 is 0 Å². The van der Waals surface area contributed by atoms with Crippen LogP contribution in [0.25, 0.3) is 0 Å². The highest BCUT2D eigenvalue weighted by Gasteiger charge is 2.29. The molecule has 2 aromatic rings. The molecule has 3 N–H and O–H groups in total. The number of nitrogens with two attached hydrogens (primary N) is 1. The third-order valence-electron chi connectivity index (χ3n) is 3.84. The number of pyridine rings is 1. The molecule has 1 aromatic carbocycles. The van der Waals surface area contributed by atoms with Gasteiger partial charge in [0, 0.05) is 24.3 Å². The van der Waals surface area contributed by atoms with Gasteiger partial charge in [0.2, 0.25) is 0 Å². The van der Waals surface area contributed by atoms with Crippen LogP contribution in [0.15, 0.2) is 48.7 Å². The van der Waals surface area contributed by atoms with Crippen LogP contribution in [0.4, 0.5) is 0 Å². The molecule has 98 valence electrons. The molecular formula is C16H19N3. The van der Waals surface area contributed by atoms with Crippen molar-refractivity contribution in [2.24, 2.45) is 5.73 Å². The Hall–Kier alpha value is -1.71. The summed E-state index contributed by atoms with van der Waals surface area (Å²) < 4.78 is 0. The zero-order valence-corrected chi connectivity index (χ0v) is 11.1. The average molecular weight is 253 g/mol. The predicted molar refractivity (Wildman–Crippen MR) is 76.5 cm³/mol. The van der Waals surface area contributed by atoms with E-state index < -0.39 is 0 Å². The van der Waals surface area contributed by atoms with Crippen LogP contribution in [-0.4, -0.2) is 4.98 Å². The Balaban J connectivity index is 1.79. The van der Waals surface area contributed by atoms with Gasteiger partial charge in [-0.3, -0.25) is 4.98 Å². The molecule has 19 heavy (non-hydrogen) atoms. The second-order valence-corrected chi connectivity index (χ2v) is 5.17. The lowest BCUT2D eigenvalue weighted by Crippen LogP contribution is -2.24. The van der Waals surface area contributed by atoms with Crippen molar-refractivity contribution in [3.8, 4) is 0 Å². The van der Waals surface area contributed by atoms with Gasteiger partial charge < -0.3 is 11.1 Å². The number of rotatable bonds is 3. The monoisotopic (exact) mass is 253 g/mol. The fraction of sp³-hybridized carbons (Fsp3) is 0.312. The van der Waals surface area contributed by atoms with Gasteiger partial charge in [-0.1, -0.05) is 30.3 Å². The molecular weight excluding hydrogens is 234 g/mol. The normalized spacial score (nSPS) is 23.1. The van der Waals surface area contributed by atoms with Gasteiger partial charge in [0.1, 0.15) is 0 Å². The van der Waals surface area contributed by atoms with Crippen LogP contribution in [0.2, 0.25) is 0 Å². The molecule has 0 aliphatic heterocycles. The Morgan fingerprint density at radius 3 is 2.63 bits per heavy atom. The summed E-state index contributed by atoms with van der Waals surface area (Å²) in [5, 5.41) is 3.64. The van der Waals surface area contributed by atoms with E-state index in [0.29, 0.717) is 6.04 Å². The molecule has 0 amide bonds. The molecule has 1 aromatic heterocycles. The second kappa shape index (κ2) is 5.11. The summed E-state index contributed by atoms with van der Waals surface area (Å²) in [6.07, 6.45) is 2.79. The number of nitrogens with one attached hydrogen (secondary N) is 1. The number of aromatic nitrogens is 1. The minimum absolute atomic E-state index is 0.143. The van der Waals surface area contributed by atoms with E-state index in [1.165, 1.54) is 11.1 Å². The third-order valence-corrected chi connectivity index (χ3v) is 3.84. The zero-order chi connectivity index (χ0) is 13.2. The third kappa shape index (κ3) is 2.39. The molecule has 3 nitrogen and oxygen atoms in total. The fourth-order valence-corrected chi connectivity index (χ4v) is 2.85. The Labute approximate surface area is 113 Å². The predicted octanol–water partition coefficient (Wildman–Crippen LogP) is 2.88. The van der Waals surface area contributed by atoms with E-state index in [-0.39, 0.29) is 12.1 Å². The minimum Gasteiger partial charge on any atom is -0.324 e. The van der Waals surface area contributed by atoms with Crippen molar-refractivity contribution in [1.29, 1.82) is 0 Å². The van der Waals surface area contributed by atoms with Crippen LogP contribution in [0.3, 0.4) is 0 Å². The molecule has 0 bridgehead atoms. The van der Waals surface area contributed by atoms with E-state index in [4.69, 9.17) is 5.73 Å². The van der Waals surface area contributed by atoms with E-state index in [0.717, 1.165) is 12.1 Å². The van der Waals surface area contributed by atoms with Crippen LogP contribution in [0.1, 0.15) is 48.3 Å². The summed E-state index contributed by atoms with van der Waals surface area (Å²) in [5.41, 5.74) is 9.87. The number of benzene rings is 1. The van der Waals surface area contributed by atoms with Gasteiger partial charge in [-0.15, -0.1) is 0 Å². The lowest BCUT2D eigenvalue weighted by atomic mass is 10.1. The van der Waals surface area contributed by atoms with Gasteiger partial charge in [0.05, 0.1) is 5.69 Å². The minimum atomic E-state index is 0.143. The number of nitrogens with zero attached hydrogens (tertiary/aromatic N) is 1. The van der Waals surface area contributed by atoms with Crippen LogP contribution >= 0.6 is 0 Å². The first-order valence-electron chi connectivity index (χ1n) is 6.77. The maximum absolute atomic E-state index is 6.20. The standard InChI is InChI=1S/C16H19N3/c1-11(15-8-4-5-9-18-15)19-16-10-14(17)12-6-2-3-7-13(12)16/h2-9,11,14,16,19H,10,17H2,1H3/t11-,14?,16?/m0/s1. The molecule has 1 heterocycles. The smallest absolute Gasteiger partial charge is 0.0570 e. The van der Waals surface area contributed by atoms with Crippen molar-refractivity contribution in [2.75, 3.05) is 0 Å². The van der Waals surface area contributed by atoms with E-state index in [9.17, 15) is 0 Å². The highest BCUT2D eigenvalue weighted by atomic mass is 15.0. The van der Waals surface area contributed by atoms with Crippen LogP contribution in [0, 0.1) is 0 Å². The molecule has 0 saturated heterocycles. The van der Waals surface area contributed by atoms with E-state index >= 15 is 0 Å². The molecule has 3 atom stereocenters. The first-order chi connectivity index (χ1) is 9.25. The summed E-state index contributed by atoms with van der Waals surface area (Å²) in [6, 6.07) is 15.2. The second-order valence-electron chi connectivity index (χ2n) is 5.17. The van der Waals surface area contributed by atoms with Crippen molar-refractivity contribution in [1.82, 2.24) is 10.3 Å². The summed E-state index contributed by atoms with van der Waals surface area (Å²) in [7, 11) is 0. The van der Waals surface area contributed by atoms with Crippen LogP contribution in [-0.2, 0) is 0 Å². The van der Waals surface area contributed by atoms with Gasteiger partial charge >= 0.3 is 0 Å². The molecule has 3 heteroatoms. The van der Waals surface area contributed by atoms with Crippen LogP contribution in [0.5, 0.6) is 0 Å². The topological polar surface area (TPSA) is 50.9 Å². The summed E-state index contributed by atoms with van der Waals surface area (Å²) in [4.78, 5) is 4.40.